The fourth-order valence-electron chi connectivity index (χ4n) is 2.65. The number of nitrogens with zero attached hydrogens (tertiary/aromatic N) is 2. The zero-order valence-corrected chi connectivity index (χ0v) is 17.0. The van der Waals surface area contributed by atoms with Crippen LogP contribution in [0.2, 0.25) is 0 Å². The molecule has 0 aromatic heterocycles. The molecule has 0 saturated heterocycles. The Morgan fingerprint density at radius 2 is 2.04 bits per heavy atom. The van der Waals surface area contributed by atoms with Crippen LogP contribution in [0.1, 0.15) is 40.2 Å². The van der Waals surface area contributed by atoms with Gasteiger partial charge < -0.3 is 4.74 Å². The number of ether oxygens (including phenoxy) is 1. The monoisotopic (exact) mass is 409 g/mol. The predicted molar refractivity (Wildman–Crippen MR) is 100 cm³/mol. The largest absolute Gasteiger partial charge is 0.444 e. The number of hydrogen-bond acceptors (Lipinski definition) is 4. The number of carbonyl (C=O) groups is 2. The normalized spacial score (nSPS) is 24.0. The Labute approximate surface area is 156 Å². The second-order valence-corrected chi connectivity index (χ2v) is 8.25. The molecule has 0 saturated carbocycles. The predicted octanol–water partition coefficient (Wildman–Crippen LogP) is 3.65. The Kier molecular flexibility index (Phi) is 5.27. The number of aliphatic imine (C=N–C) groups is 1. The number of carbonyl (C=O) groups excluding carboxylic acids is 2. The summed E-state index contributed by atoms with van der Waals surface area (Å²) in [7, 11) is 1.59. The molecule has 6 nitrogen and oxygen atoms in total. The maximum atomic E-state index is 12.7. The van der Waals surface area contributed by atoms with Gasteiger partial charge in [0.25, 0.3) is 0 Å². The lowest BCUT2D eigenvalue weighted by Crippen LogP contribution is -2.55. The van der Waals surface area contributed by atoms with E-state index in [2.05, 4.69) is 21.2 Å². The molecule has 7 heteroatoms. The third kappa shape index (κ3) is 4.21. The number of guanidine groups is 1. The summed E-state index contributed by atoms with van der Waals surface area (Å²) >= 11 is 3.45. The average molecular weight is 410 g/mol. The summed E-state index contributed by atoms with van der Waals surface area (Å²) in [5.41, 5.74) is -0.542. The first-order valence-corrected chi connectivity index (χ1v) is 8.87. The molecule has 1 aromatic rings. The minimum Gasteiger partial charge on any atom is -0.444 e. The smallest absolute Gasteiger partial charge is 0.414 e. The summed E-state index contributed by atoms with van der Waals surface area (Å²) in [4.78, 5) is 30.9. The minimum atomic E-state index is -0.794. The third-order valence-electron chi connectivity index (χ3n) is 4.22. The van der Waals surface area contributed by atoms with E-state index >= 15 is 0 Å². The highest BCUT2D eigenvalue weighted by molar-refractivity contribution is 9.10. The molecule has 2 amide bonds. The van der Waals surface area contributed by atoms with E-state index < -0.39 is 17.2 Å². The van der Waals surface area contributed by atoms with Crippen molar-refractivity contribution in [3.05, 3.63) is 34.3 Å². The number of alkyl carbamates (subject to hydrolysis) is 1. The van der Waals surface area contributed by atoms with E-state index in [9.17, 15) is 9.59 Å². The molecule has 0 spiro atoms. The van der Waals surface area contributed by atoms with Crippen molar-refractivity contribution in [3.63, 3.8) is 0 Å². The highest BCUT2D eigenvalue weighted by atomic mass is 79.9. The van der Waals surface area contributed by atoms with Gasteiger partial charge in [0.15, 0.2) is 0 Å². The molecule has 2 rings (SSSR count). The summed E-state index contributed by atoms with van der Waals surface area (Å²) in [5, 5.41) is 2.60. The van der Waals surface area contributed by atoms with Crippen LogP contribution in [0.15, 0.2) is 33.7 Å². The van der Waals surface area contributed by atoms with Crippen LogP contribution in [0.5, 0.6) is 0 Å². The topological polar surface area (TPSA) is 71.0 Å². The number of halogens is 1. The zero-order valence-electron chi connectivity index (χ0n) is 15.4. The van der Waals surface area contributed by atoms with E-state index in [0.29, 0.717) is 0 Å². The molecule has 1 aliphatic rings. The molecular weight excluding hydrogens is 386 g/mol. The summed E-state index contributed by atoms with van der Waals surface area (Å²) < 4.78 is 6.17. The number of hydrogen-bond donors (Lipinski definition) is 1. The second kappa shape index (κ2) is 6.78. The standard InChI is InChI=1S/C18H24BrN3O3/c1-11-14(23)22(6)15(20-16(24)25-17(2,3)4)21-18(11,5)12-8-7-9-13(19)10-12/h7-11H,1-6H3,(H,20,21,24)/t11-,18-/m0/s1. The van der Waals surface area contributed by atoms with Crippen LogP contribution >= 0.6 is 15.9 Å². The van der Waals surface area contributed by atoms with E-state index in [-0.39, 0.29) is 17.8 Å². The van der Waals surface area contributed by atoms with Crippen LogP contribution in [-0.2, 0) is 15.1 Å². The van der Waals surface area contributed by atoms with Crippen molar-refractivity contribution in [2.24, 2.45) is 10.9 Å². The van der Waals surface area contributed by atoms with Crippen LogP contribution in [0.25, 0.3) is 0 Å². The minimum absolute atomic E-state index is 0.122. The van der Waals surface area contributed by atoms with Crippen molar-refractivity contribution in [1.29, 1.82) is 0 Å². The molecule has 1 N–H and O–H groups in total. The fourth-order valence-corrected chi connectivity index (χ4v) is 3.05. The first-order valence-electron chi connectivity index (χ1n) is 8.07. The van der Waals surface area contributed by atoms with E-state index in [4.69, 9.17) is 9.73 Å². The highest BCUT2D eigenvalue weighted by Gasteiger charge is 2.44. The molecule has 0 unspecified atom stereocenters. The average Bonchev–Trinajstić information content (AvgIpc) is 2.48. The molecule has 0 bridgehead atoms. The Hall–Kier alpha value is -1.89. The Morgan fingerprint density at radius 1 is 1.40 bits per heavy atom. The summed E-state index contributed by atoms with van der Waals surface area (Å²) in [6.45, 7) is 9.06. The maximum Gasteiger partial charge on any atom is 0.414 e. The molecule has 2 atom stereocenters. The van der Waals surface area contributed by atoms with E-state index in [1.165, 1.54) is 4.90 Å². The van der Waals surface area contributed by atoms with E-state index in [1.54, 1.807) is 27.8 Å². The summed E-state index contributed by atoms with van der Waals surface area (Å²) in [5.74, 6) is -0.320. The molecule has 25 heavy (non-hydrogen) atoms. The second-order valence-electron chi connectivity index (χ2n) is 7.34. The lowest BCUT2D eigenvalue weighted by Gasteiger charge is -2.40. The van der Waals surface area contributed by atoms with Crippen molar-refractivity contribution in [2.75, 3.05) is 7.05 Å². The van der Waals surface area contributed by atoms with Crippen molar-refractivity contribution in [3.8, 4) is 0 Å². The van der Waals surface area contributed by atoms with Gasteiger partial charge in [0.2, 0.25) is 11.9 Å². The van der Waals surface area contributed by atoms with Gasteiger partial charge in [-0.25, -0.2) is 9.79 Å². The Bertz CT molecular complexity index is 727. The van der Waals surface area contributed by atoms with Gasteiger partial charge in [0, 0.05) is 11.5 Å². The fraction of sp³-hybridized carbons (Fsp3) is 0.500. The summed E-state index contributed by atoms with van der Waals surface area (Å²) in [6, 6.07) is 7.67. The molecule has 136 valence electrons. The first-order chi connectivity index (χ1) is 11.4. The van der Waals surface area contributed by atoms with Crippen molar-refractivity contribution >= 4 is 33.9 Å². The van der Waals surface area contributed by atoms with Crippen LogP contribution in [0.3, 0.4) is 0 Å². The third-order valence-corrected chi connectivity index (χ3v) is 4.72. The Balaban J connectivity index is 2.41. The molecule has 0 radical (unpaired) electrons. The van der Waals surface area contributed by atoms with Gasteiger partial charge in [-0.1, -0.05) is 35.0 Å². The lowest BCUT2D eigenvalue weighted by atomic mass is 9.79. The van der Waals surface area contributed by atoms with Gasteiger partial charge in [-0.3, -0.25) is 15.0 Å². The quantitative estimate of drug-likeness (QED) is 0.768. The maximum absolute atomic E-state index is 12.7. The van der Waals surface area contributed by atoms with Crippen LogP contribution in [0, 0.1) is 5.92 Å². The number of nitrogens with one attached hydrogen (secondary N) is 1. The lowest BCUT2D eigenvalue weighted by molar-refractivity contribution is -0.133. The first kappa shape index (κ1) is 19.4. The molecular formula is C18H24BrN3O3. The number of amides is 2. The van der Waals surface area contributed by atoms with Gasteiger partial charge in [0.05, 0.1) is 11.5 Å². The van der Waals surface area contributed by atoms with Crippen molar-refractivity contribution in [1.82, 2.24) is 10.2 Å². The van der Waals surface area contributed by atoms with E-state index in [0.717, 1.165) is 10.0 Å². The Morgan fingerprint density at radius 3 is 2.60 bits per heavy atom. The van der Waals surface area contributed by atoms with Gasteiger partial charge >= 0.3 is 6.09 Å². The molecule has 0 aliphatic carbocycles. The van der Waals surface area contributed by atoms with Crippen molar-refractivity contribution in [2.45, 2.75) is 45.8 Å². The zero-order chi connectivity index (χ0) is 19.0. The van der Waals surface area contributed by atoms with Gasteiger partial charge in [-0.2, -0.15) is 0 Å². The van der Waals surface area contributed by atoms with Crippen LogP contribution in [-0.4, -0.2) is 35.5 Å². The molecule has 1 aliphatic heterocycles. The van der Waals surface area contributed by atoms with Crippen molar-refractivity contribution < 1.29 is 14.3 Å². The molecule has 0 fully saturated rings. The van der Waals surface area contributed by atoms with Crippen LogP contribution < -0.4 is 5.32 Å². The number of rotatable bonds is 1. The summed E-state index contributed by atoms with van der Waals surface area (Å²) in [6.07, 6.45) is -0.642. The van der Waals surface area contributed by atoms with Gasteiger partial charge in [0.1, 0.15) is 5.60 Å². The van der Waals surface area contributed by atoms with Crippen LogP contribution in [0.4, 0.5) is 4.79 Å². The van der Waals surface area contributed by atoms with E-state index in [1.807, 2.05) is 38.1 Å². The molecule has 1 heterocycles. The SMILES string of the molecule is C[C@H]1C(=O)N(C)C(NC(=O)OC(C)(C)C)=N[C@]1(C)c1cccc(Br)c1. The molecule has 1 aromatic carbocycles. The van der Waals surface area contributed by atoms with Gasteiger partial charge in [-0.15, -0.1) is 0 Å². The van der Waals surface area contributed by atoms with Gasteiger partial charge in [-0.05, 0) is 45.4 Å². The number of benzene rings is 1. The highest BCUT2D eigenvalue weighted by Crippen LogP contribution is 2.38.